The summed E-state index contributed by atoms with van der Waals surface area (Å²) >= 11 is 3.45. The SMILES string of the molecule is CCC(Br)CNC(=O)COc1ccccc1. The highest BCUT2D eigenvalue weighted by atomic mass is 79.9. The third-order valence-corrected chi connectivity index (χ3v) is 3.05. The molecular weight excluding hydrogens is 270 g/mol. The Morgan fingerprint density at radius 3 is 2.75 bits per heavy atom. The van der Waals surface area contributed by atoms with Crippen LogP contribution in [0, 0.1) is 0 Å². The van der Waals surface area contributed by atoms with Crippen molar-refractivity contribution in [1.82, 2.24) is 5.32 Å². The second kappa shape index (κ2) is 7.28. The summed E-state index contributed by atoms with van der Waals surface area (Å²) in [6.07, 6.45) is 0.986. The molecule has 1 unspecified atom stereocenters. The van der Waals surface area contributed by atoms with Gasteiger partial charge in [0.15, 0.2) is 6.61 Å². The van der Waals surface area contributed by atoms with E-state index >= 15 is 0 Å². The highest BCUT2D eigenvalue weighted by molar-refractivity contribution is 9.09. The Bertz CT molecular complexity index is 316. The van der Waals surface area contributed by atoms with Crippen molar-refractivity contribution in [2.75, 3.05) is 13.2 Å². The molecule has 0 aliphatic rings. The van der Waals surface area contributed by atoms with Crippen LogP contribution in [0.1, 0.15) is 13.3 Å². The number of amides is 1. The van der Waals surface area contributed by atoms with Crippen LogP contribution in [0.25, 0.3) is 0 Å². The molecule has 0 heterocycles. The van der Waals surface area contributed by atoms with Crippen molar-refractivity contribution in [2.24, 2.45) is 0 Å². The highest BCUT2D eigenvalue weighted by Gasteiger charge is 2.05. The Morgan fingerprint density at radius 1 is 1.44 bits per heavy atom. The van der Waals surface area contributed by atoms with Gasteiger partial charge < -0.3 is 10.1 Å². The minimum absolute atomic E-state index is 0.0629. The lowest BCUT2D eigenvalue weighted by molar-refractivity contribution is -0.123. The minimum Gasteiger partial charge on any atom is -0.484 e. The van der Waals surface area contributed by atoms with E-state index in [1.807, 2.05) is 30.3 Å². The molecule has 1 aromatic rings. The fourth-order valence-corrected chi connectivity index (χ4v) is 1.25. The van der Waals surface area contributed by atoms with Gasteiger partial charge in [0.1, 0.15) is 5.75 Å². The second-order valence-corrected chi connectivity index (χ2v) is 4.71. The number of benzene rings is 1. The van der Waals surface area contributed by atoms with Gasteiger partial charge in [-0.3, -0.25) is 4.79 Å². The monoisotopic (exact) mass is 285 g/mol. The summed E-state index contributed by atoms with van der Waals surface area (Å²) in [6.45, 7) is 2.76. The maximum atomic E-state index is 11.4. The molecule has 3 nitrogen and oxygen atoms in total. The molecular formula is C12H16BrNO2. The number of hydrogen-bond donors (Lipinski definition) is 1. The standard InChI is InChI=1S/C12H16BrNO2/c1-2-10(13)8-14-12(15)9-16-11-6-4-3-5-7-11/h3-7,10H,2,8-9H2,1H3,(H,14,15). The lowest BCUT2D eigenvalue weighted by atomic mass is 10.3. The van der Waals surface area contributed by atoms with Crippen molar-refractivity contribution >= 4 is 21.8 Å². The largest absolute Gasteiger partial charge is 0.484 e. The van der Waals surface area contributed by atoms with Crippen molar-refractivity contribution in [3.8, 4) is 5.75 Å². The maximum Gasteiger partial charge on any atom is 0.257 e. The number of ether oxygens (including phenoxy) is 1. The molecule has 1 aromatic carbocycles. The van der Waals surface area contributed by atoms with E-state index in [9.17, 15) is 4.79 Å². The third kappa shape index (κ3) is 5.16. The van der Waals surface area contributed by atoms with Crippen LogP contribution in [-0.2, 0) is 4.79 Å². The van der Waals surface area contributed by atoms with E-state index in [2.05, 4.69) is 28.2 Å². The summed E-state index contributed by atoms with van der Waals surface area (Å²) in [4.78, 5) is 11.7. The molecule has 1 amide bonds. The molecule has 0 spiro atoms. The molecule has 0 fully saturated rings. The van der Waals surface area contributed by atoms with E-state index in [0.29, 0.717) is 17.1 Å². The molecule has 0 saturated heterocycles. The van der Waals surface area contributed by atoms with E-state index in [1.54, 1.807) is 0 Å². The van der Waals surface area contributed by atoms with Crippen LogP contribution in [0.5, 0.6) is 5.75 Å². The molecule has 1 N–H and O–H groups in total. The van der Waals surface area contributed by atoms with Gasteiger partial charge in [-0.25, -0.2) is 0 Å². The summed E-state index contributed by atoms with van der Waals surface area (Å²) in [5.74, 6) is 0.616. The van der Waals surface area contributed by atoms with Crippen molar-refractivity contribution in [3.05, 3.63) is 30.3 Å². The summed E-state index contributed by atoms with van der Waals surface area (Å²) < 4.78 is 5.31. The summed E-state index contributed by atoms with van der Waals surface area (Å²) in [5.41, 5.74) is 0. The average Bonchev–Trinajstić information content (AvgIpc) is 2.34. The van der Waals surface area contributed by atoms with Crippen LogP contribution in [0.15, 0.2) is 30.3 Å². The van der Waals surface area contributed by atoms with Crippen LogP contribution < -0.4 is 10.1 Å². The van der Waals surface area contributed by atoms with Crippen LogP contribution in [0.4, 0.5) is 0 Å². The van der Waals surface area contributed by atoms with Crippen molar-refractivity contribution in [2.45, 2.75) is 18.2 Å². The molecule has 88 valence electrons. The molecule has 4 heteroatoms. The van der Waals surface area contributed by atoms with Crippen molar-refractivity contribution in [1.29, 1.82) is 0 Å². The number of carbonyl (C=O) groups excluding carboxylic acids is 1. The van der Waals surface area contributed by atoms with Gasteiger partial charge in [0, 0.05) is 11.4 Å². The predicted molar refractivity (Wildman–Crippen MR) is 68.0 cm³/mol. The predicted octanol–water partition coefficient (Wildman–Crippen LogP) is 2.36. The van der Waals surface area contributed by atoms with Gasteiger partial charge in [0.25, 0.3) is 5.91 Å². The normalized spacial score (nSPS) is 11.9. The summed E-state index contributed by atoms with van der Waals surface area (Å²) in [5, 5.41) is 2.79. The molecule has 0 bridgehead atoms. The number of rotatable bonds is 6. The van der Waals surface area contributed by atoms with Gasteiger partial charge >= 0.3 is 0 Å². The lowest BCUT2D eigenvalue weighted by Gasteiger charge is -2.09. The van der Waals surface area contributed by atoms with Crippen LogP contribution in [0.2, 0.25) is 0 Å². The van der Waals surface area contributed by atoms with Gasteiger partial charge in [0.05, 0.1) is 0 Å². The zero-order chi connectivity index (χ0) is 11.8. The van der Waals surface area contributed by atoms with E-state index in [4.69, 9.17) is 4.74 Å². The smallest absolute Gasteiger partial charge is 0.257 e. The highest BCUT2D eigenvalue weighted by Crippen LogP contribution is 2.07. The van der Waals surface area contributed by atoms with E-state index in [0.717, 1.165) is 6.42 Å². The van der Waals surface area contributed by atoms with E-state index in [-0.39, 0.29) is 12.5 Å². The number of carbonyl (C=O) groups is 1. The first-order valence-electron chi connectivity index (χ1n) is 5.31. The third-order valence-electron chi connectivity index (χ3n) is 2.08. The lowest BCUT2D eigenvalue weighted by Crippen LogP contribution is -2.33. The molecule has 0 aliphatic carbocycles. The Morgan fingerprint density at radius 2 is 2.12 bits per heavy atom. The van der Waals surface area contributed by atoms with Gasteiger partial charge in [-0.15, -0.1) is 0 Å². The molecule has 0 radical (unpaired) electrons. The van der Waals surface area contributed by atoms with Crippen molar-refractivity contribution in [3.63, 3.8) is 0 Å². The van der Waals surface area contributed by atoms with Crippen LogP contribution in [-0.4, -0.2) is 23.9 Å². The maximum absolute atomic E-state index is 11.4. The zero-order valence-corrected chi connectivity index (χ0v) is 10.9. The number of para-hydroxylation sites is 1. The zero-order valence-electron chi connectivity index (χ0n) is 9.28. The number of halogens is 1. The van der Waals surface area contributed by atoms with Gasteiger partial charge in [0.2, 0.25) is 0 Å². The Labute approximate surface area is 104 Å². The fourth-order valence-electron chi connectivity index (χ4n) is 1.09. The quantitative estimate of drug-likeness (QED) is 0.815. The molecule has 1 atom stereocenters. The van der Waals surface area contributed by atoms with E-state index in [1.165, 1.54) is 0 Å². The molecule has 0 aromatic heterocycles. The summed E-state index contributed by atoms with van der Waals surface area (Å²) in [7, 11) is 0. The van der Waals surface area contributed by atoms with Crippen molar-refractivity contribution < 1.29 is 9.53 Å². The minimum atomic E-state index is -0.0956. The summed E-state index contributed by atoms with van der Waals surface area (Å²) in [6, 6.07) is 9.31. The molecule has 0 saturated carbocycles. The Balaban J connectivity index is 2.20. The first kappa shape index (κ1) is 13.0. The molecule has 16 heavy (non-hydrogen) atoms. The van der Waals surface area contributed by atoms with Crippen LogP contribution in [0.3, 0.4) is 0 Å². The Kier molecular flexibility index (Phi) is 5.93. The van der Waals surface area contributed by atoms with Crippen LogP contribution >= 0.6 is 15.9 Å². The molecule has 0 aliphatic heterocycles. The molecule has 1 rings (SSSR count). The van der Waals surface area contributed by atoms with E-state index < -0.39 is 0 Å². The number of alkyl halides is 1. The van der Waals surface area contributed by atoms with Gasteiger partial charge in [-0.1, -0.05) is 41.1 Å². The first-order chi connectivity index (χ1) is 7.72. The van der Waals surface area contributed by atoms with Gasteiger partial charge in [-0.2, -0.15) is 0 Å². The van der Waals surface area contributed by atoms with Gasteiger partial charge in [-0.05, 0) is 18.6 Å². The second-order valence-electron chi connectivity index (χ2n) is 3.41. The fraction of sp³-hybridized carbons (Fsp3) is 0.417. The first-order valence-corrected chi connectivity index (χ1v) is 6.22. The Hall–Kier alpha value is -1.03. The number of hydrogen-bond acceptors (Lipinski definition) is 2. The topological polar surface area (TPSA) is 38.3 Å². The number of nitrogens with one attached hydrogen (secondary N) is 1. The average molecular weight is 286 g/mol.